The molecule has 2 heteroatoms. The van der Waals surface area contributed by atoms with Gasteiger partial charge in [0.15, 0.2) is 0 Å². The van der Waals surface area contributed by atoms with Crippen LogP contribution in [0.15, 0.2) is 20.1 Å². The van der Waals surface area contributed by atoms with Gasteiger partial charge in [-0.1, -0.05) is 0 Å². The Hall–Kier alpha value is 0.209. The summed E-state index contributed by atoms with van der Waals surface area (Å²) in [4.78, 5) is 0. The molecule has 0 atom stereocenters. The standard InChI is InChI=1S/C4H3F.Sn/c1-2-3-4-5;/h1-3H;. The monoisotopic (exact) mass is 190 g/mol. The van der Waals surface area contributed by atoms with Gasteiger partial charge in [-0.3, -0.25) is 0 Å². The van der Waals surface area contributed by atoms with Gasteiger partial charge in [0.25, 0.3) is 0 Å². The first-order valence-electron chi connectivity index (χ1n) is 1.68. The third kappa shape index (κ3) is 0.834. The number of hydrogen-bond acceptors (Lipinski definition) is 0. The summed E-state index contributed by atoms with van der Waals surface area (Å²) in [5, 5.41) is 0. The fraction of sp³-hybridized carbons (Fsp3) is 0. The third-order valence-corrected chi connectivity index (χ3v) is 2.85. The summed E-state index contributed by atoms with van der Waals surface area (Å²) in [5.41, 5.74) is 0. The first-order valence-corrected chi connectivity index (χ1v) is 4.76. The van der Waals surface area contributed by atoms with Gasteiger partial charge in [-0.25, -0.2) is 0 Å². The van der Waals surface area contributed by atoms with E-state index in [1.165, 1.54) is 0 Å². The number of hydrogen-bond donors (Lipinski definition) is 0. The predicted octanol–water partition coefficient (Wildman–Crippen LogP) is 1.03. The molecule has 0 unspecified atom stereocenters. The van der Waals surface area contributed by atoms with Crippen LogP contribution in [-0.4, -0.2) is 21.1 Å². The second-order valence-corrected chi connectivity index (χ2v) is 4.16. The maximum absolute atomic E-state index is 11.8. The number of allylic oxidation sites excluding steroid dienone is 2. The van der Waals surface area contributed by atoms with Crippen molar-refractivity contribution in [1.29, 1.82) is 0 Å². The van der Waals surface area contributed by atoms with Gasteiger partial charge in [0, 0.05) is 0 Å². The van der Waals surface area contributed by atoms with E-state index < -0.39 is 21.1 Å². The summed E-state index contributed by atoms with van der Waals surface area (Å²) in [5.74, 6) is 0. The molecule has 30 valence electrons. The normalized spacial score (nSPS) is 18.5. The molecule has 0 N–H and O–H groups in total. The van der Waals surface area contributed by atoms with E-state index in [0.717, 1.165) is 0 Å². The molecule has 2 radical (unpaired) electrons. The predicted molar refractivity (Wildman–Crippen MR) is 24.1 cm³/mol. The second kappa shape index (κ2) is 1.78. The Labute approximate surface area is 46.0 Å². The second-order valence-electron chi connectivity index (χ2n) is 1.02. The number of halogens is 1. The van der Waals surface area contributed by atoms with Gasteiger partial charge in [-0.05, 0) is 0 Å². The van der Waals surface area contributed by atoms with Gasteiger partial charge < -0.3 is 0 Å². The summed E-state index contributed by atoms with van der Waals surface area (Å²) >= 11 is -0.747. The summed E-state index contributed by atoms with van der Waals surface area (Å²) in [6.45, 7) is 0. The Kier molecular flexibility index (Phi) is 1.29. The Balaban J connectivity index is 2.61. The quantitative estimate of drug-likeness (QED) is 0.499. The molecule has 0 nitrogen and oxygen atoms in total. The SMILES string of the molecule is F[C]1=CC=[CH][Sn]1. The summed E-state index contributed by atoms with van der Waals surface area (Å²) in [7, 11) is 0. The van der Waals surface area contributed by atoms with E-state index in [0.29, 0.717) is 0 Å². The van der Waals surface area contributed by atoms with Crippen molar-refractivity contribution in [3.05, 3.63) is 20.1 Å². The fourth-order valence-corrected chi connectivity index (χ4v) is 1.86. The van der Waals surface area contributed by atoms with Gasteiger partial charge in [-0.15, -0.1) is 0 Å². The van der Waals surface area contributed by atoms with Crippen LogP contribution in [0.3, 0.4) is 0 Å². The molecule has 0 saturated heterocycles. The fourth-order valence-electron chi connectivity index (χ4n) is 0.308. The average molecular weight is 189 g/mol. The Bertz CT molecular complexity index is 104. The van der Waals surface area contributed by atoms with Crippen LogP contribution >= 0.6 is 0 Å². The number of rotatable bonds is 0. The van der Waals surface area contributed by atoms with Crippen LogP contribution < -0.4 is 0 Å². The summed E-state index contributed by atoms with van der Waals surface area (Å²) in [6.07, 6.45) is 3.34. The van der Waals surface area contributed by atoms with Gasteiger partial charge >= 0.3 is 45.6 Å². The molecule has 0 amide bonds. The molecule has 1 heterocycles. The van der Waals surface area contributed by atoms with E-state index in [4.69, 9.17) is 0 Å². The molecule has 1 rings (SSSR count). The molecule has 0 bridgehead atoms. The van der Waals surface area contributed by atoms with E-state index in [9.17, 15) is 4.39 Å². The van der Waals surface area contributed by atoms with Crippen LogP contribution in [0.5, 0.6) is 0 Å². The average Bonchev–Trinajstić information content (AvgIpc) is 1.86. The zero-order valence-corrected chi connectivity index (χ0v) is 5.96. The van der Waals surface area contributed by atoms with Crippen LogP contribution in [0.1, 0.15) is 0 Å². The molecule has 0 aromatic heterocycles. The minimum absolute atomic E-state index is 0.138. The zero-order valence-electron chi connectivity index (χ0n) is 3.11. The van der Waals surface area contributed by atoms with Crippen molar-refractivity contribution in [2.75, 3.05) is 0 Å². The van der Waals surface area contributed by atoms with E-state index in [-0.39, 0.29) is 3.84 Å². The molecule has 0 aromatic carbocycles. The Morgan fingerprint density at radius 3 is 2.67 bits per heavy atom. The molecule has 0 aliphatic carbocycles. The van der Waals surface area contributed by atoms with Crippen molar-refractivity contribution in [3.63, 3.8) is 0 Å². The van der Waals surface area contributed by atoms with Gasteiger partial charge in [0.1, 0.15) is 0 Å². The van der Waals surface area contributed by atoms with E-state index in [1.807, 2.05) is 4.09 Å². The Morgan fingerprint density at radius 2 is 2.50 bits per heavy atom. The van der Waals surface area contributed by atoms with Crippen molar-refractivity contribution in [2.24, 2.45) is 0 Å². The summed E-state index contributed by atoms with van der Waals surface area (Å²) in [6, 6.07) is 0. The van der Waals surface area contributed by atoms with Crippen molar-refractivity contribution in [2.45, 2.75) is 0 Å². The molecule has 1 aliphatic heterocycles. The zero-order chi connectivity index (χ0) is 4.41. The van der Waals surface area contributed by atoms with Crippen LogP contribution in [0.2, 0.25) is 0 Å². The third-order valence-electron chi connectivity index (χ3n) is 0.560. The van der Waals surface area contributed by atoms with Gasteiger partial charge in [0.05, 0.1) is 0 Å². The first-order chi connectivity index (χ1) is 2.89. The van der Waals surface area contributed by atoms with Gasteiger partial charge in [0.2, 0.25) is 0 Å². The van der Waals surface area contributed by atoms with E-state index >= 15 is 0 Å². The molecule has 0 saturated carbocycles. The molecule has 6 heavy (non-hydrogen) atoms. The van der Waals surface area contributed by atoms with Crippen LogP contribution in [0.25, 0.3) is 0 Å². The molecule has 0 aromatic rings. The topological polar surface area (TPSA) is 0 Å². The summed E-state index contributed by atoms with van der Waals surface area (Å²) < 4.78 is 13.9. The molecular formula is C4H3FSn. The molecule has 0 spiro atoms. The maximum atomic E-state index is 11.8. The minimum atomic E-state index is -0.747. The van der Waals surface area contributed by atoms with Crippen molar-refractivity contribution < 1.29 is 4.39 Å². The molecule has 1 aliphatic rings. The van der Waals surface area contributed by atoms with E-state index in [1.54, 1.807) is 12.2 Å². The Morgan fingerprint density at radius 1 is 1.67 bits per heavy atom. The molecular weight excluding hydrogens is 186 g/mol. The van der Waals surface area contributed by atoms with E-state index in [2.05, 4.69) is 0 Å². The van der Waals surface area contributed by atoms with Crippen LogP contribution in [0, 0.1) is 0 Å². The van der Waals surface area contributed by atoms with Crippen LogP contribution in [0.4, 0.5) is 4.39 Å². The van der Waals surface area contributed by atoms with Crippen LogP contribution in [-0.2, 0) is 0 Å². The van der Waals surface area contributed by atoms with Crippen molar-refractivity contribution in [3.8, 4) is 0 Å². The van der Waals surface area contributed by atoms with Crippen molar-refractivity contribution in [1.82, 2.24) is 0 Å². The van der Waals surface area contributed by atoms with Gasteiger partial charge in [-0.2, -0.15) is 0 Å². The van der Waals surface area contributed by atoms with Crippen molar-refractivity contribution >= 4 is 21.1 Å². The first kappa shape index (κ1) is 4.37. The molecule has 0 fully saturated rings.